The first kappa shape index (κ1) is 31.8. The van der Waals surface area contributed by atoms with E-state index in [2.05, 4.69) is 34.3 Å². The molecule has 0 heterocycles. The van der Waals surface area contributed by atoms with Gasteiger partial charge >= 0.3 is 6.03 Å². The minimum Gasteiger partial charge on any atom is -0.390 e. The molecule has 8 nitrogen and oxygen atoms in total. The number of ketones is 1. The Morgan fingerprint density at radius 1 is 0.949 bits per heavy atom. The topological polar surface area (TPSA) is 120 Å². The first-order chi connectivity index (χ1) is 18.6. The second kappa shape index (κ2) is 16.6. The molecule has 10 heteroatoms. The fourth-order valence-electron chi connectivity index (χ4n) is 4.16. The van der Waals surface area contributed by atoms with Crippen LogP contribution in [0.4, 0.5) is 13.6 Å². The summed E-state index contributed by atoms with van der Waals surface area (Å²) < 4.78 is 27.7. The molecule has 0 saturated carbocycles. The summed E-state index contributed by atoms with van der Waals surface area (Å²) in [4.78, 5) is 37.6. The molecular formula is C29H40F2N4O4. The molecule has 39 heavy (non-hydrogen) atoms. The van der Waals surface area contributed by atoms with Crippen LogP contribution in [-0.2, 0) is 29.0 Å². The van der Waals surface area contributed by atoms with Crippen LogP contribution in [0.15, 0.2) is 42.5 Å². The fourth-order valence-corrected chi connectivity index (χ4v) is 4.16. The SMILES string of the molecule is CCCCC(=O)CC(NC(=O)NC)C(=O)N[C@@H](Cc1cc(F)cc(F)c1)[C@H](O)CNCc1cccc(CC)c1. The highest BCUT2D eigenvalue weighted by atomic mass is 19.1. The van der Waals surface area contributed by atoms with Crippen molar-refractivity contribution in [2.45, 2.75) is 77.1 Å². The van der Waals surface area contributed by atoms with Crippen molar-refractivity contribution in [3.05, 3.63) is 70.8 Å². The Morgan fingerprint density at radius 3 is 2.28 bits per heavy atom. The molecule has 0 radical (unpaired) electrons. The monoisotopic (exact) mass is 546 g/mol. The van der Waals surface area contributed by atoms with Crippen LogP contribution < -0.4 is 21.3 Å². The van der Waals surface area contributed by atoms with Crippen molar-refractivity contribution < 1.29 is 28.3 Å². The maximum absolute atomic E-state index is 13.9. The molecule has 214 valence electrons. The lowest BCUT2D eigenvalue weighted by Gasteiger charge is -2.27. The van der Waals surface area contributed by atoms with Crippen molar-refractivity contribution in [1.29, 1.82) is 0 Å². The quantitative estimate of drug-likeness (QED) is 0.222. The van der Waals surface area contributed by atoms with Crippen LogP contribution in [0.1, 0.15) is 56.2 Å². The predicted molar refractivity (Wildman–Crippen MR) is 146 cm³/mol. The van der Waals surface area contributed by atoms with Crippen LogP contribution in [-0.4, -0.2) is 54.6 Å². The summed E-state index contributed by atoms with van der Waals surface area (Å²) >= 11 is 0. The molecule has 0 bridgehead atoms. The molecular weight excluding hydrogens is 506 g/mol. The highest BCUT2D eigenvalue weighted by Gasteiger charge is 2.28. The van der Waals surface area contributed by atoms with E-state index < -0.39 is 41.8 Å². The number of halogens is 2. The zero-order valence-corrected chi connectivity index (χ0v) is 22.9. The second-order valence-electron chi connectivity index (χ2n) is 9.59. The molecule has 2 aromatic rings. The third kappa shape index (κ3) is 11.5. The van der Waals surface area contributed by atoms with Gasteiger partial charge in [-0.3, -0.25) is 9.59 Å². The Hall–Kier alpha value is -3.37. The van der Waals surface area contributed by atoms with Gasteiger partial charge in [0.05, 0.1) is 12.1 Å². The molecule has 0 aromatic heterocycles. The number of nitrogens with one attached hydrogen (secondary N) is 4. The number of Topliss-reactive ketones (excluding diaryl/α,β-unsaturated/α-hetero) is 1. The van der Waals surface area contributed by atoms with Gasteiger partial charge in [0.2, 0.25) is 5.91 Å². The summed E-state index contributed by atoms with van der Waals surface area (Å²) in [5, 5.41) is 21.7. The number of carbonyl (C=O) groups excluding carboxylic acids is 3. The van der Waals surface area contributed by atoms with Crippen LogP contribution in [0.5, 0.6) is 0 Å². The standard InChI is InChI=1S/C29H40F2N4O4/c1-4-6-10-24(36)16-26(35-29(39)32-3)28(38)34-25(14-21-12-22(30)15-23(31)13-21)27(37)18-33-17-20-9-7-8-19(5-2)11-20/h7-9,11-13,15,25-27,33,37H,4-6,10,14,16-18H2,1-3H3,(H,34,38)(H2,32,35,39)/t25-,26?,27+/m0/s1. The summed E-state index contributed by atoms with van der Waals surface area (Å²) in [6, 6.07) is 8.21. The van der Waals surface area contributed by atoms with E-state index in [9.17, 15) is 28.3 Å². The Labute approximate surface area is 229 Å². The molecule has 1 unspecified atom stereocenters. The number of aryl methyl sites for hydroxylation is 1. The molecule has 2 aromatic carbocycles. The minimum atomic E-state index is -1.18. The molecule has 0 saturated heterocycles. The van der Waals surface area contributed by atoms with Gasteiger partial charge < -0.3 is 26.4 Å². The van der Waals surface area contributed by atoms with Crippen molar-refractivity contribution in [3.63, 3.8) is 0 Å². The number of unbranched alkanes of at least 4 members (excludes halogenated alkanes) is 1. The number of aliphatic hydroxyl groups excluding tert-OH is 1. The van der Waals surface area contributed by atoms with Crippen LogP contribution in [0.3, 0.4) is 0 Å². The van der Waals surface area contributed by atoms with E-state index in [4.69, 9.17) is 0 Å². The summed E-state index contributed by atoms with van der Waals surface area (Å²) in [5.74, 6) is -2.42. The predicted octanol–water partition coefficient (Wildman–Crippen LogP) is 3.15. The van der Waals surface area contributed by atoms with E-state index >= 15 is 0 Å². The average Bonchev–Trinajstić information content (AvgIpc) is 2.90. The number of urea groups is 1. The van der Waals surface area contributed by atoms with E-state index in [0.717, 1.165) is 36.6 Å². The van der Waals surface area contributed by atoms with Gasteiger partial charge in [0.1, 0.15) is 23.5 Å². The van der Waals surface area contributed by atoms with Gasteiger partial charge in [-0.25, -0.2) is 13.6 Å². The molecule has 2 rings (SSSR count). The van der Waals surface area contributed by atoms with Crippen molar-refractivity contribution in [2.24, 2.45) is 0 Å². The second-order valence-corrected chi connectivity index (χ2v) is 9.59. The first-order valence-electron chi connectivity index (χ1n) is 13.4. The van der Waals surface area contributed by atoms with E-state index in [-0.39, 0.29) is 37.2 Å². The fraction of sp³-hybridized carbons (Fsp3) is 0.483. The normalized spacial score (nSPS) is 13.3. The number of amides is 3. The summed E-state index contributed by atoms with van der Waals surface area (Å²) in [6.07, 6.45) is 1.18. The van der Waals surface area contributed by atoms with Gasteiger partial charge in [-0.05, 0) is 48.1 Å². The largest absolute Gasteiger partial charge is 0.390 e. The van der Waals surface area contributed by atoms with Gasteiger partial charge in [-0.15, -0.1) is 0 Å². The number of hydrogen-bond acceptors (Lipinski definition) is 5. The molecule has 0 fully saturated rings. The van der Waals surface area contributed by atoms with Crippen molar-refractivity contribution in [2.75, 3.05) is 13.6 Å². The molecule has 3 amide bonds. The van der Waals surface area contributed by atoms with Crippen LogP contribution in [0, 0.1) is 11.6 Å². The molecule has 5 N–H and O–H groups in total. The minimum absolute atomic E-state index is 0.0715. The Morgan fingerprint density at radius 2 is 1.64 bits per heavy atom. The van der Waals surface area contributed by atoms with Crippen molar-refractivity contribution in [3.8, 4) is 0 Å². The lowest BCUT2D eigenvalue weighted by Crippen LogP contribution is -2.56. The average molecular weight is 547 g/mol. The molecule has 3 atom stereocenters. The van der Waals surface area contributed by atoms with E-state index in [1.807, 2.05) is 25.1 Å². The maximum atomic E-state index is 13.9. The Balaban J connectivity index is 2.18. The lowest BCUT2D eigenvalue weighted by atomic mass is 9.99. The van der Waals surface area contributed by atoms with Crippen molar-refractivity contribution in [1.82, 2.24) is 21.3 Å². The smallest absolute Gasteiger partial charge is 0.315 e. The molecule has 0 spiro atoms. The third-order valence-corrected chi connectivity index (χ3v) is 6.34. The van der Waals surface area contributed by atoms with E-state index in [1.54, 1.807) is 0 Å². The molecule has 0 aliphatic heterocycles. The number of hydrogen-bond donors (Lipinski definition) is 5. The van der Waals surface area contributed by atoms with Crippen molar-refractivity contribution >= 4 is 17.7 Å². The maximum Gasteiger partial charge on any atom is 0.315 e. The van der Waals surface area contributed by atoms with Gasteiger partial charge in [0, 0.05) is 39.0 Å². The van der Waals surface area contributed by atoms with Crippen LogP contribution in [0.25, 0.3) is 0 Å². The Kier molecular flexibility index (Phi) is 13.5. The molecule has 0 aliphatic rings. The van der Waals surface area contributed by atoms with Gasteiger partial charge in [-0.1, -0.05) is 44.5 Å². The number of benzene rings is 2. The Bertz CT molecular complexity index is 1080. The highest BCUT2D eigenvalue weighted by molar-refractivity contribution is 5.92. The zero-order chi connectivity index (χ0) is 28.8. The van der Waals surface area contributed by atoms with E-state index in [1.165, 1.54) is 12.6 Å². The zero-order valence-electron chi connectivity index (χ0n) is 22.9. The number of rotatable bonds is 16. The third-order valence-electron chi connectivity index (χ3n) is 6.34. The summed E-state index contributed by atoms with van der Waals surface area (Å²) in [6.45, 7) is 4.54. The van der Waals surface area contributed by atoms with Crippen LogP contribution >= 0.6 is 0 Å². The van der Waals surface area contributed by atoms with Gasteiger partial charge in [0.15, 0.2) is 0 Å². The summed E-state index contributed by atoms with van der Waals surface area (Å²) in [5.41, 5.74) is 2.44. The highest BCUT2D eigenvalue weighted by Crippen LogP contribution is 2.13. The number of carbonyl (C=O) groups is 3. The van der Waals surface area contributed by atoms with Crippen LogP contribution in [0.2, 0.25) is 0 Å². The first-order valence-corrected chi connectivity index (χ1v) is 13.4. The lowest BCUT2D eigenvalue weighted by molar-refractivity contribution is -0.128. The van der Waals surface area contributed by atoms with Gasteiger partial charge in [0.25, 0.3) is 0 Å². The molecule has 0 aliphatic carbocycles. The van der Waals surface area contributed by atoms with Gasteiger partial charge in [-0.2, -0.15) is 0 Å². The van der Waals surface area contributed by atoms with E-state index in [0.29, 0.717) is 13.0 Å². The summed E-state index contributed by atoms with van der Waals surface area (Å²) in [7, 11) is 1.39. The number of aliphatic hydroxyl groups is 1.